The van der Waals surface area contributed by atoms with Gasteiger partial charge in [-0.15, -0.1) is 0 Å². The van der Waals surface area contributed by atoms with Crippen LogP contribution in [0.4, 0.5) is 6.01 Å². The van der Waals surface area contributed by atoms with E-state index in [1.165, 1.54) is 10.7 Å². The van der Waals surface area contributed by atoms with Gasteiger partial charge in [0.25, 0.3) is 11.6 Å². The number of piperazine rings is 1. The Bertz CT molecular complexity index is 587. The molecule has 3 heterocycles. The first-order valence-corrected chi connectivity index (χ1v) is 6.72. The van der Waals surface area contributed by atoms with Crippen LogP contribution in [0.15, 0.2) is 40.0 Å². The summed E-state index contributed by atoms with van der Waals surface area (Å²) in [6, 6.07) is 3.88. The van der Waals surface area contributed by atoms with E-state index in [2.05, 4.69) is 19.9 Å². The first-order valence-electron chi connectivity index (χ1n) is 6.72. The third-order valence-corrected chi connectivity index (χ3v) is 3.48. The zero-order chi connectivity index (χ0) is 13.8. The van der Waals surface area contributed by atoms with E-state index >= 15 is 0 Å². The van der Waals surface area contributed by atoms with Crippen LogP contribution in [0.1, 0.15) is 0 Å². The van der Waals surface area contributed by atoms with Crippen molar-refractivity contribution in [3.05, 3.63) is 41.1 Å². The summed E-state index contributed by atoms with van der Waals surface area (Å²) in [7, 11) is 0. The minimum Gasteiger partial charge on any atom is -0.432 e. The van der Waals surface area contributed by atoms with E-state index in [1.807, 2.05) is 0 Å². The molecule has 2 aromatic heterocycles. The van der Waals surface area contributed by atoms with Gasteiger partial charge in [-0.3, -0.25) is 9.69 Å². The molecule has 7 nitrogen and oxygen atoms in total. The molecule has 7 heteroatoms. The van der Waals surface area contributed by atoms with Gasteiger partial charge in [0.15, 0.2) is 0 Å². The number of hydrogen-bond donors (Lipinski definition) is 0. The number of oxazole rings is 1. The Hall–Kier alpha value is -2.15. The average molecular weight is 275 g/mol. The van der Waals surface area contributed by atoms with Gasteiger partial charge >= 0.3 is 0 Å². The van der Waals surface area contributed by atoms with Crippen molar-refractivity contribution < 1.29 is 4.42 Å². The maximum absolute atomic E-state index is 11.6. The molecule has 0 saturated carbocycles. The molecule has 0 bridgehead atoms. The predicted octanol–water partition coefficient (Wildman–Crippen LogP) is 0.0535. The average Bonchev–Trinajstić information content (AvgIpc) is 3.01. The van der Waals surface area contributed by atoms with Crippen LogP contribution in [0.5, 0.6) is 0 Å². The van der Waals surface area contributed by atoms with Crippen LogP contribution >= 0.6 is 0 Å². The molecule has 20 heavy (non-hydrogen) atoms. The van der Waals surface area contributed by atoms with Gasteiger partial charge in [-0.25, -0.2) is 9.67 Å². The molecule has 0 aliphatic carbocycles. The van der Waals surface area contributed by atoms with Gasteiger partial charge in [0.2, 0.25) is 0 Å². The van der Waals surface area contributed by atoms with Crippen LogP contribution in [0, 0.1) is 0 Å². The van der Waals surface area contributed by atoms with Gasteiger partial charge in [-0.2, -0.15) is 5.10 Å². The van der Waals surface area contributed by atoms with Crippen LogP contribution in [0.25, 0.3) is 0 Å². The highest BCUT2D eigenvalue weighted by molar-refractivity contribution is 5.25. The van der Waals surface area contributed by atoms with E-state index in [0.717, 1.165) is 32.7 Å². The molecule has 0 spiro atoms. The monoisotopic (exact) mass is 275 g/mol. The molecular weight excluding hydrogens is 258 g/mol. The molecule has 0 aromatic carbocycles. The Labute approximate surface area is 116 Å². The maximum atomic E-state index is 11.6. The third kappa shape index (κ3) is 2.88. The summed E-state index contributed by atoms with van der Waals surface area (Å²) in [6.45, 7) is 5.10. The van der Waals surface area contributed by atoms with Gasteiger partial charge in [-0.1, -0.05) is 0 Å². The zero-order valence-electron chi connectivity index (χ0n) is 11.2. The van der Waals surface area contributed by atoms with Crippen molar-refractivity contribution in [3.8, 4) is 0 Å². The summed E-state index contributed by atoms with van der Waals surface area (Å²) in [6.07, 6.45) is 4.90. The van der Waals surface area contributed by atoms with Gasteiger partial charge < -0.3 is 9.32 Å². The lowest BCUT2D eigenvalue weighted by Gasteiger charge is -2.33. The highest BCUT2D eigenvalue weighted by atomic mass is 16.4. The molecule has 1 aliphatic heterocycles. The number of nitrogens with zero attached hydrogens (tertiary/aromatic N) is 5. The second-order valence-electron chi connectivity index (χ2n) is 4.73. The topological polar surface area (TPSA) is 67.4 Å². The van der Waals surface area contributed by atoms with Crippen LogP contribution < -0.4 is 10.5 Å². The van der Waals surface area contributed by atoms with Crippen LogP contribution in [-0.2, 0) is 6.54 Å². The van der Waals surface area contributed by atoms with E-state index in [9.17, 15) is 4.79 Å². The molecule has 0 unspecified atom stereocenters. The van der Waals surface area contributed by atoms with Crippen LogP contribution in [0.3, 0.4) is 0 Å². The second-order valence-corrected chi connectivity index (χ2v) is 4.73. The normalized spacial score (nSPS) is 16.5. The lowest BCUT2D eigenvalue weighted by atomic mass is 10.3. The van der Waals surface area contributed by atoms with Crippen molar-refractivity contribution in [1.82, 2.24) is 19.7 Å². The molecule has 2 aromatic rings. The molecule has 1 aliphatic rings. The van der Waals surface area contributed by atoms with E-state index in [0.29, 0.717) is 12.6 Å². The van der Waals surface area contributed by atoms with E-state index in [-0.39, 0.29) is 5.56 Å². The first kappa shape index (κ1) is 12.9. The smallest absolute Gasteiger partial charge is 0.297 e. The summed E-state index contributed by atoms with van der Waals surface area (Å²) in [4.78, 5) is 20.2. The SMILES string of the molecule is O=c1cccnn1CCN1CCN(c2ncco2)CC1. The van der Waals surface area contributed by atoms with Crippen LogP contribution in [-0.4, -0.2) is 52.4 Å². The number of rotatable bonds is 4. The fraction of sp³-hybridized carbons (Fsp3) is 0.462. The fourth-order valence-corrected chi connectivity index (χ4v) is 2.33. The van der Waals surface area contributed by atoms with Gasteiger partial charge in [0.1, 0.15) is 6.26 Å². The summed E-state index contributed by atoms with van der Waals surface area (Å²) in [5, 5.41) is 4.06. The Morgan fingerprint density at radius 2 is 2.00 bits per heavy atom. The molecule has 0 N–H and O–H groups in total. The van der Waals surface area contributed by atoms with E-state index in [4.69, 9.17) is 4.42 Å². The van der Waals surface area contributed by atoms with Crippen molar-refractivity contribution in [2.24, 2.45) is 0 Å². The molecule has 1 saturated heterocycles. The van der Waals surface area contributed by atoms with Crippen molar-refractivity contribution in [3.63, 3.8) is 0 Å². The van der Waals surface area contributed by atoms with Crippen molar-refractivity contribution in [2.45, 2.75) is 6.54 Å². The van der Waals surface area contributed by atoms with Crippen molar-refractivity contribution in [1.29, 1.82) is 0 Å². The molecule has 0 atom stereocenters. The summed E-state index contributed by atoms with van der Waals surface area (Å²) < 4.78 is 6.79. The molecular formula is C13H17N5O2. The Morgan fingerprint density at radius 1 is 1.15 bits per heavy atom. The number of aromatic nitrogens is 3. The minimum absolute atomic E-state index is 0.0501. The Morgan fingerprint density at radius 3 is 2.70 bits per heavy atom. The van der Waals surface area contributed by atoms with Gasteiger partial charge in [0.05, 0.1) is 12.7 Å². The quantitative estimate of drug-likeness (QED) is 0.785. The van der Waals surface area contributed by atoms with Crippen molar-refractivity contribution in [2.75, 3.05) is 37.6 Å². The first-order chi connectivity index (χ1) is 9.83. The molecule has 3 rings (SSSR count). The highest BCUT2D eigenvalue weighted by Crippen LogP contribution is 2.12. The largest absolute Gasteiger partial charge is 0.432 e. The standard InChI is InChI=1S/C13H17N5O2/c19-12-2-1-3-15-18(12)10-7-16-5-8-17(9-6-16)13-14-4-11-20-13/h1-4,11H,5-10H2. The third-order valence-electron chi connectivity index (χ3n) is 3.48. The lowest BCUT2D eigenvalue weighted by molar-refractivity contribution is 0.238. The summed E-state index contributed by atoms with van der Waals surface area (Å²) in [5.74, 6) is 0. The summed E-state index contributed by atoms with van der Waals surface area (Å²) in [5.41, 5.74) is -0.0501. The second kappa shape index (κ2) is 5.87. The van der Waals surface area contributed by atoms with Gasteiger partial charge in [-0.05, 0) is 6.07 Å². The lowest BCUT2D eigenvalue weighted by Crippen LogP contribution is -2.47. The highest BCUT2D eigenvalue weighted by Gasteiger charge is 2.19. The number of hydrogen-bond acceptors (Lipinski definition) is 6. The van der Waals surface area contributed by atoms with Crippen molar-refractivity contribution >= 4 is 6.01 Å². The molecule has 0 radical (unpaired) electrons. The Kier molecular flexibility index (Phi) is 3.78. The van der Waals surface area contributed by atoms with Crippen LogP contribution in [0.2, 0.25) is 0 Å². The van der Waals surface area contributed by atoms with Gasteiger partial charge in [0, 0.05) is 45.0 Å². The molecule has 106 valence electrons. The maximum Gasteiger partial charge on any atom is 0.297 e. The fourth-order valence-electron chi connectivity index (χ4n) is 2.33. The van der Waals surface area contributed by atoms with E-state index < -0.39 is 0 Å². The molecule has 1 fully saturated rings. The Balaban J connectivity index is 1.50. The zero-order valence-corrected chi connectivity index (χ0v) is 11.2. The molecule has 0 amide bonds. The van der Waals surface area contributed by atoms with E-state index in [1.54, 1.807) is 24.7 Å². The summed E-state index contributed by atoms with van der Waals surface area (Å²) >= 11 is 0. The predicted molar refractivity (Wildman–Crippen MR) is 73.7 cm³/mol. The minimum atomic E-state index is -0.0501. The number of anilines is 1.